The van der Waals surface area contributed by atoms with Gasteiger partial charge in [-0.2, -0.15) is 0 Å². The average Bonchev–Trinajstić information content (AvgIpc) is 3.12. The number of unbranched alkanes of at least 4 members (excludes halogenated alkanes) is 2. The van der Waals surface area contributed by atoms with E-state index in [2.05, 4.69) is 69.5 Å². The van der Waals surface area contributed by atoms with Crippen molar-refractivity contribution >= 4 is 44.1 Å². The fourth-order valence-corrected chi connectivity index (χ4v) is 8.50. The highest BCUT2D eigenvalue weighted by Crippen LogP contribution is 2.51. The van der Waals surface area contributed by atoms with Crippen LogP contribution in [0.5, 0.6) is 0 Å². The van der Waals surface area contributed by atoms with Gasteiger partial charge in [0.25, 0.3) is 0 Å². The van der Waals surface area contributed by atoms with Crippen molar-refractivity contribution in [1.82, 2.24) is 0 Å². The lowest BCUT2D eigenvalue weighted by molar-refractivity contribution is 0.398. The second kappa shape index (κ2) is 13.0. The summed E-state index contributed by atoms with van der Waals surface area (Å²) in [6.07, 6.45) is 6.65. The van der Waals surface area contributed by atoms with E-state index >= 15 is 0 Å². The minimum Gasteiger partial charge on any atom is -0.422 e. The van der Waals surface area contributed by atoms with E-state index in [0.29, 0.717) is 16.7 Å². The molecule has 0 saturated heterocycles. The maximum atomic E-state index is 13.8. The Kier molecular flexibility index (Phi) is 8.55. The largest absolute Gasteiger partial charge is 0.422 e. The Morgan fingerprint density at radius 2 is 1.23 bits per heavy atom. The summed E-state index contributed by atoms with van der Waals surface area (Å²) in [5.74, 6) is 0. The summed E-state index contributed by atoms with van der Waals surface area (Å²) in [6.45, 7) is 17.7. The molecule has 8 rings (SSSR count). The van der Waals surface area contributed by atoms with E-state index in [0.717, 1.165) is 109 Å². The normalized spacial score (nSPS) is 16.1. The molecule has 0 radical (unpaired) electrons. The van der Waals surface area contributed by atoms with E-state index in [4.69, 9.17) is 8.83 Å². The Morgan fingerprint density at radius 3 is 1.87 bits per heavy atom. The predicted octanol–water partition coefficient (Wildman–Crippen LogP) is 11.0. The molecule has 0 unspecified atom stereocenters. The average molecular weight is 695 g/mol. The first-order valence-corrected chi connectivity index (χ1v) is 19.3. The zero-order chi connectivity index (χ0) is 36.4. The van der Waals surface area contributed by atoms with Gasteiger partial charge in [-0.25, -0.2) is 9.59 Å². The summed E-state index contributed by atoms with van der Waals surface area (Å²) in [7, 11) is 0. The van der Waals surface area contributed by atoms with E-state index in [1.165, 1.54) is 16.8 Å². The second-order valence-corrected chi connectivity index (χ2v) is 16.4. The van der Waals surface area contributed by atoms with E-state index < -0.39 is 0 Å². The highest BCUT2D eigenvalue weighted by molar-refractivity contribution is 5.95. The number of anilines is 2. The van der Waals surface area contributed by atoms with Gasteiger partial charge in [0.05, 0.1) is 11.1 Å². The van der Waals surface area contributed by atoms with Crippen LogP contribution in [0.3, 0.4) is 0 Å². The molecule has 268 valence electrons. The third-order valence-corrected chi connectivity index (χ3v) is 11.8. The van der Waals surface area contributed by atoms with Gasteiger partial charge in [0.2, 0.25) is 0 Å². The van der Waals surface area contributed by atoms with Crippen LogP contribution in [0, 0.1) is 0 Å². The van der Waals surface area contributed by atoms with E-state index in [9.17, 15) is 9.59 Å². The fraction of sp³-hybridized carbons (Fsp3) is 0.391. The van der Waals surface area contributed by atoms with Gasteiger partial charge in [0.15, 0.2) is 0 Å². The lowest BCUT2D eigenvalue weighted by atomic mass is 9.69. The van der Waals surface area contributed by atoms with Crippen molar-refractivity contribution in [1.29, 1.82) is 0 Å². The van der Waals surface area contributed by atoms with Crippen LogP contribution in [0.15, 0.2) is 91.2 Å². The van der Waals surface area contributed by atoms with Crippen molar-refractivity contribution in [3.63, 3.8) is 0 Å². The lowest BCUT2D eigenvalue weighted by Gasteiger charge is -2.48. The third kappa shape index (κ3) is 5.90. The Morgan fingerprint density at radius 1 is 0.654 bits per heavy atom. The predicted molar refractivity (Wildman–Crippen MR) is 216 cm³/mol. The van der Waals surface area contributed by atoms with Crippen LogP contribution in [0.1, 0.15) is 91.2 Å². The number of nitrogens with zero attached hydrogens (tertiary/aromatic N) is 2. The highest BCUT2D eigenvalue weighted by atomic mass is 16.4. The molecule has 0 saturated carbocycles. The van der Waals surface area contributed by atoms with Gasteiger partial charge in [0.1, 0.15) is 11.2 Å². The van der Waals surface area contributed by atoms with Crippen LogP contribution in [0.2, 0.25) is 0 Å². The van der Waals surface area contributed by atoms with Crippen molar-refractivity contribution in [3.05, 3.63) is 105 Å². The van der Waals surface area contributed by atoms with Crippen molar-refractivity contribution in [2.45, 2.75) is 90.9 Å². The molecule has 4 aromatic carbocycles. The summed E-state index contributed by atoms with van der Waals surface area (Å²) in [5, 5.41) is 3.84. The Labute approximate surface area is 306 Å². The van der Waals surface area contributed by atoms with Gasteiger partial charge in [-0.1, -0.05) is 78.6 Å². The standard InChI is InChI=1S/C46H50N2O4/c1-7-9-19-47(20-10-8-2)35-16-15-33-25-36(43(49)51-39(33)28-35)31-13-11-30-24-32(14-12-29(30)23-31)37-26-34-27-38-41-40(42(34)52-44(37)50)46(5,6)18-22-48(41)21-17-45(38,3)4/h11-16,23-28H,7-10,17-22H2,1-6H3. The lowest BCUT2D eigenvalue weighted by Crippen LogP contribution is -2.44. The minimum absolute atomic E-state index is 0.0358. The topological polar surface area (TPSA) is 66.9 Å². The Bertz CT molecular complexity index is 2460. The van der Waals surface area contributed by atoms with E-state index in [1.54, 1.807) is 0 Å². The maximum Gasteiger partial charge on any atom is 0.344 e. The van der Waals surface area contributed by atoms with Gasteiger partial charge in [0, 0.05) is 60.0 Å². The van der Waals surface area contributed by atoms with Crippen LogP contribution in [-0.4, -0.2) is 26.2 Å². The van der Waals surface area contributed by atoms with Crippen LogP contribution >= 0.6 is 0 Å². The van der Waals surface area contributed by atoms with Crippen LogP contribution in [0.4, 0.5) is 11.4 Å². The molecule has 6 aromatic rings. The first kappa shape index (κ1) is 34.3. The summed E-state index contributed by atoms with van der Waals surface area (Å²) in [5.41, 5.74) is 8.21. The second-order valence-electron chi connectivity index (χ2n) is 16.4. The van der Waals surface area contributed by atoms with Crippen molar-refractivity contribution in [2.24, 2.45) is 0 Å². The van der Waals surface area contributed by atoms with Gasteiger partial charge in [-0.05, 0) is 106 Å². The molecule has 0 spiro atoms. The molecule has 52 heavy (non-hydrogen) atoms. The fourth-order valence-electron chi connectivity index (χ4n) is 8.50. The maximum absolute atomic E-state index is 13.8. The molecule has 6 nitrogen and oxygen atoms in total. The van der Waals surface area contributed by atoms with Gasteiger partial charge in [-0.15, -0.1) is 0 Å². The minimum atomic E-state index is -0.348. The van der Waals surface area contributed by atoms with Crippen molar-refractivity contribution < 1.29 is 8.83 Å². The Balaban J connectivity index is 1.15. The summed E-state index contributed by atoms with van der Waals surface area (Å²) >= 11 is 0. The van der Waals surface area contributed by atoms with Gasteiger partial charge >= 0.3 is 11.3 Å². The number of rotatable bonds is 9. The first-order valence-electron chi connectivity index (χ1n) is 19.3. The molecular weight excluding hydrogens is 645 g/mol. The molecule has 2 aliphatic rings. The number of fused-ring (bicyclic) bond motifs is 4. The molecule has 4 heterocycles. The van der Waals surface area contributed by atoms with Crippen LogP contribution in [0.25, 0.3) is 55.0 Å². The SMILES string of the molecule is CCCCN(CCCC)c1ccc2cc(-c3ccc4cc(-c5cc6cc7c8c(c6oc5=O)C(C)(C)CCN8CCC7(C)C)ccc4c3)c(=O)oc2c1. The molecular formula is C46H50N2O4. The first-order chi connectivity index (χ1) is 25.0. The van der Waals surface area contributed by atoms with E-state index in [1.807, 2.05) is 54.6 Å². The summed E-state index contributed by atoms with van der Waals surface area (Å²) in [4.78, 5) is 32.0. The molecule has 6 heteroatoms. The molecule has 2 aromatic heterocycles. The molecule has 0 aliphatic carbocycles. The van der Waals surface area contributed by atoms with Gasteiger partial charge < -0.3 is 18.6 Å². The third-order valence-electron chi connectivity index (χ3n) is 11.8. The highest BCUT2D eigenvalue weighted by Gasteiger charge is 2.42. The molecule has 0 amide bonds. The van der Waals surface area contributed by atoms with Crippen molar-refractivity contribution in [3.8, 4) is 22.3 Å². The zero-order valence-corrected chi connectivity index (χ0v) is 31.5. The molecule has 0 N–H and O–H groups in total. The monoisotopic (exact) mass is 694 g/mol. The van der Waals surface area contributed by atoms with Crippen molar-refractivity contribution in [2.75, 3.05) is 36.0 Å². The summed E-state index contributed by atoms with van der Waals surface area (Å²) in [6, 6.07) is 24.5. The molecule has 2 aliphatic heterocycles. The quantitative estimate of drug-likeness (QED) is 0.140. The zero-order valence-electron chi connectivity index (χ0n) is 31.5. The van der Waals surface area contributed by atoms with E-state index in [-0.39, 0.29) is 22.1 Å². The number of hydrogen-bond acceptors (Lipinski definition) is 6. The Hall–Kier alpha value is -4.84. The number of benzene rings is 4. The van der Waals surface area contributed by atoms with Gasteiger partial charge in [-0.3, -0.25) is 0 Å². The summed E-state index contributed by atoms with van der Waals surface area (Å²) < 4.78 is 12.2. The smallest absolute Gasteiger partial charge is 0.344 e. The molecule has 0 atom stereocenters. The molecule has 0 fully saturated rings. The van der Waals surface area contributed by atoms with Crippen LogP contribution in [-0.2, 0) is 10.8 Å². The molecule has 0 bridgehead atoms. The van der Waals surface area contributed by atoms with Crippen LogP contribution < -0.4 is 21.1 Å². The number of hydrogen-bond donors (Lipinski definition) is 0.